The number of rotatable bonds is 8. The summed E-state index contributed by atoms with van der Waals surface area (Å²) < 4.78 is 10.7. The number of carbonyl (C=O) groups is 1. The fourth-order valence-electron chi connectivity index (χ4n) is 2.34. The van der Waals surface area contributed by atoms with Crippen molar-refractivity contribution >= 4 is 11.6 Å². The SMILES string of the molecule is CCOCCCNC(CO)c1cc(O)cc2c1OCC(=O)N2. The van der Waals surface area contributed by atoms with Gasteiger partial charge in [0.05, 0.1) is 18.3 Å². The number of fused-ring (bicyclic) bond motifs is 1. The van der Waals surface area contributed by atoms with Crippen molar-refractivity contribution in [3.8, 4) is 11.5 Å². The van der Waals surface area contributed by atoms with Gasteiger partial charge in [0.25, 0.3) is 5.91 Å². The number of anilines is 1. The van der Waals surface area contributed by atoms with Crippen molar-refractivity contribution in [3.63, 3.8) is 0 Å². The summed E-state index contributed by atoms with van der Waals surface area (Å²) in [5, 5.41) is 25.3. The molecule has 1 heterocycles. The zero-order valence-corrected chi connectivity index (χ0v) is 12.6. The third-order valence-corrected chi connectivity index (χ3v) is 3.34. The van der Waals surface area contributed by atoms with E-state index in [1.807, 2.05) is 6.92 Å². The van der Waals surface area contributed by atoms with Crippen LogP contribution in [0.2, 0.25) is 0 Å². The zero-order valence-electron chi connectivity index (χ0n) is 12.6. The predicted octanol–water partition coefficient (Wildman–Crippen LogP) is 0.773. The number of aromatic hydroxyl groups is 1. The highest BCUT2D eigenvalue weighted by atomic mass is 16.5. The van der Waals surface area contributed by atoms with Crippen molar-refractivity contribution in [1.29, 1.82) is 0 Å². The second kappa shape index (κ2) is 7.98. The number of aliphatic hydroxyl groups excluding tert-OH is 1. The molecule has 1 aliphatic heterocycles. The molecule has 22 heavy (non-hydrogen) atoms. The smallest absolute Gasteiger partial charge is 0.262 e. The van der Waals surface area contributed by atoms with Gasteiger partial charge < -0.3 is 30.3 Å². The lowest BCUT2D eigenvalue weighted by molar-refractivity contribution is -0.118. The molecule has 0 bridgehead atoms. The molecule has 1 unspecified atom stereocenters. The molecule has 2 rings (SSSR count). The highest BCUT2D eigenvalue weighted by Gasteiger charge is 2.24. The zero-order chi connectivity index (χ0) is 15.9. The first-order valence-electron chi connectivity index (χ1n) is 7.37. The summed E-state index contributed by atoms with van der Waals surface area (Å²) in [5.41, 5.74) is 1.04. The number of amides is 1. The van der Waals surface area contributed by atoms with Gasteiger partial charge in [0.15, 0.2) is 6.61 Å². The van der Waals surface area contributed by atoms with Crippen LogP contribution in [-0.2, 0) is 9.53 Å². The van der Waals surface area contributed by atoms with E-state index in [0.29, 0.717) is 36.8 Å². The lowest BCUT2D eigenvalue weighted by atomic mass is 10.0. The number of aliphatic hydroxyl groups is 1. The van der Waals surface area contributed by atoms with Gasteiger partial charge in [-0.1, -0.05) is 0 Å². The van der Waals surface area contributed by atoms with Gasteiger partial charge in [-0.25, -0.2) is 0 Å². The van der Waals surface area contributed by atoms with Crippen molar-refractivity contribution in [2.45, 2.75) is 19.4 Å². The van der Waals surface area contributed by atoms with Gasteiger partial charge in [0.2, 0.25) is 0 Å². The van der Waals surface area contributed by atoms with Crippen LogP contribution >= 0.6 is 0 Å². The van der Waals surface area contributed by atoms with E-state index in [9.17, 15) is 15.0 Å². The van der Waals surface area contributed by atoms with Crippen molar-refractivity contribution in [2.24, 2.45) is 0 Å². The monoisotopic (exact) mass is 310 g/mol. The third-order valence-electron chi connectivity index (χ3n) is 3.34. The molecule has 122 valence electrons. The van der Waals surface area contributed by atoms with Gasteiger partial charge in [-0.2, -0.15) is 0 Å². The van der Waals surface area contributed by atoms with Crippen molar-refractivity contribution in [3.05, 3.63) is 17.7 Å². The number of benzene rings is 1. The highest BCUT2D eigenvalue weighted by molar-refractivity contribution is 5.96. The number of phenolic OH excluding ortho intramolecular Hbond substituents is 1. The Morgan fingerprint density at radius 3 is 3.05 bits per heavy atom. The van der Waals surface area contributed by atoms with Crippen LogP contribution in [0.5, 0.6) is 11.5 Å². The Kier molecular flexibility index (Phi) is 6.00. The lowest BCUT2D eigenvalue weighted by Gasteiger charge is -2.25. The van der Waals surface area contributed by atoms with E-state index in [4.69, 9.17) is 9.47 Å². The first-order chi connectivity index (χ1) is 10.7. The van der Waals surface area contributed by atoms with Gasteiger partial charge >= 0.3 is 0 Å². The molecule has 4 N–H and O–H groups in total. The average Bonchev–Trinajstić information content (AvgIpc) is 2.50. The molecule has 1 atom stereocenters. The number of carbonyl (C=O) groups excluding carboxylic acids is 1. The van der Waals surface area contributed by atoms with E-state index in [1.54, 1.807) is 0 Å². The molecule has 0 radical (unpaired) electrons. The Labute approximate surface area is 129 Å². The third kappa shape index (κ3) is 4.09. The fraction of sp³-hybridized carbons (Fsp3) is 0.533. The van der Waals surface area contributed by atoms with Gasteiger partial charge in [0.1, 0.15) is 11.5 Å². The number of hydrogen-bond acceptors (Lipinski definition) is 6. The average molecular weight is 310 g/mol. The molecule has 1 aliphatic rings. The molecular formula is C15H22N2O5. The molecule has 0 saturated heterocycles. The summed E-state index contributed by atoms with van der Waals surface area (Å²) in [5.74, 6) is 0.220. The quantitative estimate of drug-likeness (QED) is 0.529. The molecule has 7 nitrogen and oxygen atoms in total. The molecule has 0 fully saturated rings. The first kappa shape index (κ1) is 16.5. The second-order valence-electron chi connectivity index (χ2n) is 4.99. The summed E-state index contributed by atoms with van der Waals surface area (Å²) in [7, 11) is 0. The van der Waals surface area contributed by atoms with E-state index in [2.05, 4.69) is 10.6 Å². The number of ether oxygens (including phenoxy) is 2. The number of phenols is 1. The predicted molar refractivity (Wildman–Crippen MR) is 81.2 cm³/mol. The largest absolute Gasteiger partial charge is 0.508 e. The molecule has 1 amide bonds. The summed E-state index contributed by atoms with van der Waals surface area (Å²) in [4.78, 5) is 11.4. The second-order valence-corrected chi connectivity index (χ2v) is 4.99. The maximum atomic E-state index is 11.4. The topological polar surface area (TPSA) is 100 Å². The minimum atomic E-state index is -0.391. The first-order valence-corrected chi connectivity index (χ1v) is 7.37. The Hall–Kier alpha value is -1.83. The maximum Gasteiger partial charge on any atom is 0.262 e. The number of hydrogen-bond donors (Lipinski definition) is 4. The van der Waals surface area contributed by atoms with Crippen LogP contribution in [0, 0.1) is 0 Å². The van der Waals surface area contributed by atoms with Crippen molar-refractivity contribution in [2.75, 3.05) is 38.3 Å². The minimum Gasteiger partial charge on any atom is -0.508 e. The molecule has 7 heteroatoms. The van der Waals surface area contributed by atoms with Crippen LogP contribution in [-0.4, -0.2) is 49.1 Å². The Morgan fingerprint density at radius 2 is 2.32 bits per heavy atom. The Balaban J connectivity index is 2.09. The van der Waals surface area contributed by atoms with E-state index < -0.39 is 6.04 Å². The summed E-state index contributed by atoms with van der Waals surface area (Å²) in [6.45, 7) is 3.69. The van der Waals surface area contributed by atoms with Crippen LogP contribution in [0.25, 0.3) is 0 Å². The van der Waals surface area contributed by atoms with Crippen LogP contribution in [0.4, 0.5) is 5.69 Å². The van der Waals surface area contributed by atoms with E-state index >= 15 is 0 Å². The van der Waals surface area contributed by atoms with Gasteiger partial charge in [-0.15, -0.1) is 0 Å². The van der Waals surface area contributed by atoms with Crippen molar-refractivity contribution in [1.82, 2.24) is 5.32 Å². The van der Waals surface area contributed by atoms with E-state index in [-0.39, 0.29) is 24.9 Å². The molecule has 0 saturated carbocycles. The summed E-state index contributed by atoms with van der Waals surface area (Å²) >= 11 is 0. The van der Waals surface area contributed by atoms with Crippen molar-refractivity contribution < 1.29 is 24.5 Å². The van der Waals surface area contributed by atoms with E-state index in [0.717, 1.165) is 6.42 Å². The van der Waals surface area contributed by atoms with Crippen LogP contribution in [0.3, 0.4) is 0 Å². The molecular weight excluding hydrogens is 288 g/mol. The number of nitrogens with one attached hydrogen (secondary N) is 2. The summed E-state index contributed by atoms with van der Waals surface area (Å²) in [6.07, 6.45) is 0.808. The Morgan fingerprint density at radius 1 is 1.50 bits per heavy atom. The van der Waals surface area contributed by atoms with Gasteiger partial charge in [-0.3, -0.25) is 4.79 Å². The summed E-state index contributed by atoms with van der Waals surface area (Å²) in [6, 6.07) is 2.57. The molecule has 1 aromatic rings. The molecule has 0 aromatic heterocycles. The molecule has 0 spiro atoms. The van der Waals surface area contributed by atoms with Crippen LogP contribution in [0.1, 0.15) is 24.9 Å². The normalized spacial score (nSPS) is 14.9. The molecule has 1 aromatic carbocycles. The molecule has 0 aliphatic carbocycles. The fourth-order valence-corrected chi connectivity index (χ4v) is 2.34. The van der Waals surface area contributed by atoms with Gasteiger partial charge in [0, 0.05) is 24.8 Å². The lowest BCUT2D eigenvalue weighted by Crippen LogP contribution is -2.30. The minimum absolute atomic E-state index is 0.00844. The van der Waals surface area contributed by atoms with Crippen LogP contribution in [0.15, 0.2) is 12.1 Å². The highest BCUT2D eigenvalue weighted by Crippen LogP contribution is 2.38. The van der Waals surface area contributed by atoms with Crippen LogP contribution < -0.4 is 15.4 Å². The maximum absolute atomic E-state index is 11.4. The standard InChI is InChI=1S/C15H22N2O5/c1-2-21-5-3-4-16-13(8-18)11-6-10(19)7-12-15(11)22-9-14(20)17-12/h6-7,13,16,18-19H,2-5,8-9H2,1H3,(H,17,20). The Bertz CT molecular complexity index is 521. The van der Waals surface area contributed by atoms with E-state index in [1.165, 1.54) is 12.1 Å². The van der Waals surface area contributed by atoms with Gasteiger partial charge in [-0.05, 0) is 26.0 Å².